The predicted octanol–water partition coefficient (Wildman–Crippen LogP) is 17.0. The Labute approximate surface area is 397 Å². The molecule has 0 aliphatic rings. The van der Waals surface area contributed by atoms with Crippen LogP contribution in [0.15, 0.2) is 48.6 Å². The lowest BCUT2D eigenvalue weighted by atomic mass is 10.0. The lowest BCUT2D eigenvalue weighted by molar-refractivity contribution is -0.151. The van der Waals surface area contributed by atoms with Crippen molar-refractivity contribution in [2.24, 2.45) is 0 Å². The molecular formula is C58H107NO5. The minimum atomic E-state index is -0.796. The maximum Gasteiger partial charge on any atom is 0.306 e. The summed E-state index contributed by atoms with van der Waals surface area (Å²) < 4.78 is 5.94. The number of aliphatic hydroxyl groups excluding tert-OH is 2. The number of unbranched alkanes of at least 4 members (excludes halogenated alkanes) is 31. The fourth-order valence-corrected chi connectivity index (χ4v) is 8.39. The first-order valence-corrected chi connectivity index (χ1v) is 27.9. The van der Waals surface area contributed by atoms with Gasteiger partial charge in [-0.25, -0.2) is 0 Å². The normalized spacial score (nSPS) is 13.5. The molecule has 0 rings (SSSR count). The summed E-state index contributed by atoms with van der Waals surface area (Å²) in [6.07, 6.45) is 63.1. The first kappa shape index (κ1) is 61.8. The van der Waals surface area contributed by atoms with Gasteiger partial charge in [-0.05, 0) is 83.5 Å². The number of aliphatic hydroxyl groups is 2. The Morgan fingerprint density at radius 3 is 1.33 bits per heavy atom. The molecule has 0 saturated heterocycles. The molecule has 64 heavy (non-hydrogen) atoms. The topological polar surface area (TPSA) is 95.9 Å². The Morgan fingerprint density at radius 1 is 0.469 bits per heavy atom. The van der Waals surface area contributed by atoms with Gasteiger partial charge in [0.1, 0.15) is 6.10 Å². The van der Waals surface area contributed by atoms with Crippen LogP contribution in [0, 0.1) is 0 Å². The first-order valence-electron chi connectivity index (χ1n) is 27.9. The zero-order valence-electron chi connectivity index (χ0n) is 42.7. The quantitative estimate of drug-likeness (QED) is 0.0245. The van der Waals surface area contributed by atoms with E-state index in [4.69, 9.17) is 4.74 Å². The number of hydrogen-bond donors (Lipinski definition) is 3. The second kappa shape index (κ2) is 51.8. The van der Waals surface area contributed by atoms with Gasteiger partial charge < -0.3 is 20.3 Å². The monoisotopic (exact) mass is 898 g/mol. The van der Waals surface area contributed by atoms with Crippen LogP contribution in [0.4, 0.5) is 0 Å². The van der Waals surface area contributed by atoms with E-state index >= 15 is 0 Å². The van der Waals surface area contributed by atoms with Crippen LogP contribution in [0.1, 0.15) is 284 Å². The van der Waals surface area contributed by atoms with Crippen LogP contribution in [0.2, 0.25) is 0 Å². The SMILES string of the molecule is CCCCC/C=C\C/C=C\CCCCCCCCCC(=O)OC(CCCCC/C=C/C=C/CCCCCCCCC)CC(=O)NC(CO)C(O)CCCCCCCCCCCCCC. The van der Waals surface area contributed by atoms with Crippen LogP contribution in [-0.2, 0) is 14.3 Å². The number of hydrogen-bond acceptors (Lipinski definition) is 5. The third-order valence-electron chi connectivity index (χ3n) is 12.7. The fraction of sp³-hybridized carbons (Fsp3) is 0.828. The predicted molar refractivity (Wildman–Crippen MR) is 278 cm³/mol. The summed E-state index contributed by atoms with van der Waals surface area (Å²) in [5.41, 5.74) is 0. The van der Waals surface area contributed by atoms with Crippen LogP contribution in [0.25, 0.3) is 0 Å². The van der Waals surface area contributed by atoms with Gasteiger partial charge >= 0.3 is 5.97 Å². The summed E-state index contributed by atoms with van der Waals surface area (Å²) >= 11 is 0. The van der Waals surface area contributed by atoms with E-state index in [1.165, 1.54) is 154 Å². The van der Waals surface area contributed by atoms with E-state index in [1.807, 2.05) is 0 Å². The third-order valence-corrected chi connectivity index (χ3v) is 12.7. The molecule has 0 saturated carbocycles. The van der Waals surface area contributed by atoms with Crippen LogP contribution < -0.4 is 5.32 Å². The van der Waals surface area contributed by atoms with Gasteiger partial charge in [0.25, 0.3) is 0 Å². The molecule has 0 aliphatic carbocycles. The summed E-state index contributed by atoms with van der Waals surface area (Å²) in [4.78, 5) is 26.2. The smallest absolute Gasteiger partial charge is 0.306 e. The Morgan fingerprint density at radius 2 is 0.844 bits per heavy atom. The van der Waals surface area contributed by atoms with Crippen molar-refractivity contribution in [3.8, 4) is 0 Å². The molecule has 0 aromatic rings. The number of nitrogens with one attached hydrogen (secondary N) is 1. The zero-order valence-corrected chi connectivity index (χ0v) is 42.7. The molecule has 6 nitrogen and oxygen atoms in total. The average Bonchev–Trinajstić information content (AvgIpc) is 3.29. The van der Waals surface area contributed by atoms with Crippen molar-refractivity contribution < 1.29 is 24.5 Å². The average molecular weight is 898 g/mol. The summed E-state index contributed by atoms with van der Waals surface area (Å²) in [6, 6.07) is -0.711. The lowest BCUT2D eigenvalue weighted by Gasteiger charge is -2.24. The van der Waals surface area contributed by atoms with E-state index in [0.29, 0.717) is 19.3 Å². The number of carbonyl (C=O) groups excluding carboxylic acids is 2. The van der Waals surface area contributed by atoms with Gasteiger partial charge in [0, 0.05) is 6.42 Å². The Kier molecular flexibility index (Phi) is 50.0. The number of rotatable bonds is 50. The standard InChI is InChI=1S/C58H107NO5/c1-4-7-10-13-16-19-22-25-27-29-31-33-36-39-42-45-48-51-58(63)64-54(49-46-43-40-37-34-32-30-28-26-23-20-17-14-11-8-5-2)52-57(62)59-55(53-60)56(61)50-47-44-41-38-35-24-21-18-15-12-9-6-3/h16,19,25,27-28,30,32,34,54-56,60-61H,4-15,17-18,20-24,26,29,31,33,35-53H2,1-3H3,(H,59,62)/b19-16-,27-25-,30-28+,34-32+. The zero-order chi connectivity index (χ0) is 46.7. The van der Waals surface area contributed by atoms with Gasteiger partial charge in [-0.1, -0.05) is 236 Å². The highest BCUT2D eigenvalue weighted by Crippen LogP contribution is 2.18. The summed E-state index contributed by atoms with van der Waals surface area (Å²) in [6.45, 7) is 6.46. The van der Waals surface area contributed by atoms with Crippen molar-refractivity contribution >= 4 is 11.9 Å². The highest BCUT2D eigenvalue weighted by atomic mass is 16.5. The maximum absolute atomic E-state index is 13.2. The van der Waals surface area contributed by atoms with Gasteiger partial charge in [-0.3, -0.25) is 9.59 Å². The number of amides is 1. The van der Waals surface area contributed by atoms with E-state index in [0.717, 1.165) is 83.5 Å². The summed E-state index contributed by atoms with van der Waals surface area (Å²) in [5, 5.41) is 23.8. The molecule has 0 bridgehead atoms. The third kappa shape index (κ3) is 46.4. The summed E-state index contributed by atoms with van der Waals surface area (Å²) in [5.74, 6) is -0.501. The molecule has 0 heterocycles. The second-order valence-corrected chi connectivity index (χ2v) is 19.0. The fourth-order valence-electron chi connectivity index (χ4n) is 8.39. The summed E-state index contributed by atoms with van der Waals surface area (Å²) in [7, 11) is 0. The van der Waals surface area contributed by atoms with Crippen LogP contribution in [0.5, 0.6) is 0 Å². The van der Waals surface area contributed by atoms with Crippen LogP contribution in [-0.4, -0.2) is 46.9 Å². The molecular weight excluding hydrogens is 791 g/mol. The number of carbonyl (C=O) groups is 2. The second-order valence-electron chi connectivity index (χ2n) is 19.0. The van der Waals surface area contributed by atoms with Crippen molar-refractivity contribution in [1.29, 1.82) is 0 Å². The Hall–Kier alpha value is -2.18. The van der Waals surface area contributed by atoms with Crippen LogP contribution in [0.3, 0.4) is 0 Å². The highest BCUT2D eigenvalue weighted by molar-refractivity contribution is 5.77. The number of ether oxygens (including phenoxy) is 1. The Balaban J connectivity index is 4.62. The van der Waals surface area contributed by atoms with E-state index in [2.05, 4.69) is 74.7 Å². The van der Waals surface area contributed by atoms with Crippen molar-refractivity contribution in [2.75, 3.05) is 6.61 Å². The van der Waals surface area contributed by atoms with Gasteiger partial charge in [-0.2, -0.15) is 0 Å². The Bertz CT molecular complexity index is 1100. The molecule has 0 radical (unpaired) electrons. The molecule has 6 heteroatoms. The minimum absolute atomic E-state index is 0.0575. The number of allylic oxidation sites excluding steroid dienone is 8. The van der Waals surface area contributed by atoms with E-state index in [1.54, 1.807) is 0 Å². The maximum atomic E-state index is 13.2. The molecule has 3 N–H and O–H groups in total. The first-order chi connectivity index (χ1) is 31.5. The van der Waals surface area contributed by atoms with Gasteiger partial charge in [-0.15, -0.1) is 0 Å². The molecule has 1 amide bonds. The van der Waals surface area contributed by atoms with Crippen molar-refractivity contribution in [3.05, 3.63) is 48.6 Å². The van der Waals surface area contributed by atoms with Gasteiger partial charge in [0.15, 0.2) is 0 Å². The van der Waals surface area contributed by atoms with Crippen molar-refractivity contribution in [2.45, 2.75) is 302 Å². The van der Waals surface area contributed by atoms with E-state index in [-0.39, 0.29) is 24.9 Å². The van der Waals surface area contributed by atoms with Crippen molar-refractivity contribution in [3.63, 3.8) is 0 Å². The molecule has 3 atom stereocenters. The van der Waals surface area contributed by atoms with E-state index in [9.17, 15) is 19.8 Å². The minimum Gasteiger partial charge on any atom is -0.462 e. The molecule has 0 aromatic carbocycles. The lowest BCUT2D eigenvalue weighted by Crippen LogP contribution is -2.46. The van der Waals surface area contributed by atoms with Crippen molar-refractivity contribution in [1.82, 2.24) is 5.32 Å². The van der Waals surface area contributed by atoms with E-state index < -0.39 is 18.2 Å². The molecule has 0 fully saturated rings. The largest absolute Gasteiger partial charge is 0.462 e. The molecule has 3 unspecified atom stereocenters. The number of esters is 1. The van der Waals surface area contributed by atoms with Crippen LogP contribution >= 0.6 is 0 Å². The molecule has 0 spiro atoms. The van der Waals surface area contributed by atoms with Gasteiger partial charge in [0.05, 0.1) is 25.2 Å². The highest BCUT2D eigenvalue weighted by Gasteiger charge is 2.24. The molecule has 0 aliphatic heterocycles. The van der Waals surface area contributed by atoms with Gasteiger partial charge in [0.2, 0.25) is 5.91 Å². The molecule has 374 valence electrons. The molecule has 0 aromatic heterocycles.